The van der Waals surface area contributed by atoms with Crippen molar-refractivity contribution in [3.8, 4) is 0 Å². The van der Waals surface area contributed by atoms with Crippen LogP contribution in [0.2, 0.25) is 0 Å². The summed E-state index contributed by atoms with van der Waals surface area (Å²) >= 11 is 0. The number of likely N-dealkylation sites (N-methyl/N-ethyl adjacent to an activating group) is 1. The number of ether oxygens (including phenoxy) is 2. The summed E-state index contributed by atoms with van der Waals surface area (Å²) in [5, 5.41) is 67.1. The van der Waals surface area contributed by atoms with E-state index in [1.54, 1.807) is 7.05 Å². The van der Waals surface area contributed by atoms with Gasteiger partial charge in [0.1, 0.15) is 18.2 Å². The average molecular weight is 661 g/mol. The van der Waals surface area contributed by atoms with Crippen LogP contribution < -0.4 is 10.6 Å². The molecule has 0 saturated heterocycles. The molecule has 0 heterocycles. The lowest BCUT2D eigenvalue weighted by molar-refractivity contribution is -0.219. The Balaban J connectivity index is 1.82. The van der Waals surface area contributed by atoms with Crippen molar-refractivity contribution >= 4 is 17.8 Å². The molecule has 2 aliphatic carbocycles. The molecule has 0 aliphatic heterocycles. The molecule has 10 atom stereocenters. The summed E-state index contributed by atoms with van der Waals surface area (Å²) < 4.78 is 11.9. The highest BCUT2D eigenvalue weighted by molar-refractivity contribution is 5.79. The third-order valence-electron chi connectivity index (χ3n) is 9.48. The first kappa shape index (κ1) is 40.3. The fourth-order valence-corrected chi connectivity index (χ4v) is 6.58. The van der Waals surface area contributed by atoms with Crippen LogP contribution in [0.4, 0.5) is 0 Å². The van der Waals surface area contributed by atoms with E-state index < -0.39 is 78.5 Å². The highest BCUT2D eigenvalue weighted by Crippen LogP contribution is 2.35. The molecule has 13 heteroatoms. The van der Waals surface area contributed by atoms with Gasteiger partial charge in [0.25, 0.3) is 0 Å². The molecule has 0 aromatic carbocycles. The number of hydrogen-bond donors (Lipinski definition) is 8. The van der Waals surface area contributed by atoms with E-state index >= 15 is 0 Å². The van der Waals surface area contributed by atoms with Gasteiger partial charge >= 0.3 is 11.9 Å². The molecule has 2 fully saturated rings. The van der Waals surface area contributed by atoms with Crippen LogP contribution >= 0.6 is 0 Å². The molecule has 0 radical (unpaired) electrons. The Bertz CT molecular complexity index is 894. The third kappa shape index (κ3) is 13.3. The standard InChI is InChI=1S/C33H60N2O11/c1-3-4-5-6-7-8-9-10-11-14-17-45-21-18-23(32(41)42)30(25(36)19-21)46-26-20-22(27(37)29(39)28(26)38)31(40)35-16-13-12-15-24(34-2)33(43)44/h21-30,34,36-39H,3-20H2,1-2H3,(H,35,40)(H,41,42)(H,43,44)/t21-,22+,23+,24+,25-,26-,27-,28+,29+,30-/m1/s1. The average Bonchev–Trinajstić information content (AvgIpc) is 3.02. The monoisotopic (exact) mass is 660 g/mol. The molecule has 0 aromatic rings. The van der Waals surface area contributed by atoms with Gasteiger partial charge in [0.15, 0.2) is 0 Å². The molecule has 8 N–H and O–H groups in total. The first-order chi connectivity index (χ1) is 22.0. The molecule has 0 aromatic heterocycles. The number of aliphatic hydroxyl groups is 4. The van der Waals surface area contributed by atoms with Crippen LogP contribution in [0.5, 0.6) is 0 Å². The zero-order chi connectivity index (χ0) is 34.1. The summed E-state index contributed by atoms with van der Waals surface area (Å²) in [6.45, 7) is 2.90. The lowest BCUT2D eigenvalue weighted by Crippen LogP contribution is -2.60. The highest BCUT2D eigenvalue weighted by atomic mass is 16.5. The van der Waals surface area contributed by atoms with E-state index in [1.165, 1.54) is 44.9 Å². The van der Waals surface area contributed by atoms with Crippen molar-refractivity contribution in [1.29, 1.82) is 0 Å². The molecule has 46 heavy (non-hydrogen) atoms. The first-order valence-corrected chi connectivity index (χ1v) is 17.4. The Hall–Kier alpha value is -1.87. The van der Waals surface area contributed by atoms with E-state index in [-0.39, 0.29) is 25.8 Å². The quantitative estimate of drug-likeness (QED) is 0.0739. The molecular weight excluding hydrogens is 600 g/mol. The number of carbonyl (C=O) groups excluding carboxylic acids is 1. The van der Waals surface area contributed by atoms with E-state index in [0.29, 0.717) is 25.9 Å². The second kappa shape index (κ2) is 21.9. The molecule has 2 rings (SSSR count). The van der Waals surface area contributed by atoms with Gasteiger partial charge in [0.05, 0.1) is 42.4 Å². The van der Waals surface area contributed by atoms with Crippen LogP contribution in [0.15, 0.2) is 0 Å². The Morgan fingerprint density at radius 2 is 1.39 bits per heavy atom. The Morgan fingerprint density at radius 1 is 0.761 bits per heavy atom. The summed E-state index contributed by atoms with van der Waals surface area (Å²) in [5.74, 6) is -4.99. The van der Waals surface area contributed by atoms with Gasteiger partial charge in [-0.25, -0.2) is 0 Å². The minimum atomic E-state index is -1.72. The maximum Gasteiger partial charge on any atom is 0.320 e. The van der Waals surface area contributed by atoms with Crippen molar-refractivity contribution in [2.45, 2.75) is 158 Å². The fraction of sp³-hybridized carbons (Fsp3) is 0.909. The van der Waals surface area contributed by atoms with Gasteiger partial charge < -0.3 is 50.7 Å². The second-order valence-corrected chi connectivity index (χ2v) is 13.1. The number of aliphatic carboxylic acids is 2. The van der Waals surface area contributed by atoms with Crippen molar-refractivity contribution in [3.63, 3.8) is 0 Å². The largest absolute Gasteiger partial charge is 0.481 e. The Labute approximate surface area is 273 Å². The maximum atomic E-state index is 12.9. The van der Waals surface area contributed by atoms with Crippen LogP contribution in [-0.2, 0) is 23.9 Å². The number of carbonyl (C=O) groups is 3. The molecule has 0 bridgehead atoms. The van der Waals surface area contributed by atoms with Gasteiger partial charge in [0.2, 0.25) is 5.91 Å². The highest BCUT2D eigenvalue weighted by Gasteiger charge is 2.50. The maximum absolute atomic E-state index is 12.9. The van der Waals surface area contributed by atoms with Crippen LogP contribution in [0.3, 0.4) is 0 Å². The van der Waals surface area contributed by atoms with E-state index in [9.17, 15) is 39.9 Å². The lowest BCUT2D eigenvalue weighted by Gasteiger charge is -2.44. The SMILES string of the molecule is CCCCCCCCCCCCO[C@H]1C[C@@H](O)[C@H](O[C@@H]2C[C@H](C(=O)NCCCC[C@H](NC)C(=O)O)[C@@H](O)[C@H](O)[C@H]2O)[C@@H](C(=O)O)C1. The van der Waals surface area contributed by atoms with Crippen molar-refractivity contribution in [3.05, 3.63) is 0 Å². The van der Waals surface area contributed by atoms with Crippen molar-refractivity contribution in [2.75, 3.05) is 20.2 Å². The number of rotatable bonds is 23. The molecule has 0 unspecified atom stereocenters. The smallest absolute Gasteiger partial charge is 0.320 e. The van der Waals surface area contributed by atoms with E-state index in [4.69, 9.17) is 14.6 Å². The van der Waals surface area contributed by atoms with Crippen molar-refractivity contribution in [1.82, 2.24) is 10.6 Å². The van der Waals surface area contributed by atoms with E-state index in [0.717, 1.165) is 19.3 Å². The van der Waals surface area contributed by atoms with Gasteiger partial charge in [-0.05, 0) is 45.6 Å². The van der Waals surface area contributed by atoms with Crippen LogP contribution in [0, 0.1) is 11.8 Å². The number of carboxylic acids is 2. The first-order valence-electron chi connectivity index (χ1n) is 17.4. The molecular formula is C33H60N2O11. The summed E-state index contributed by atoms with van der Waals surface area (Å²) in [6.07, 6.45) is 4.38. The third-order valence-corrected chi connectivity index (χ3v) is 9.48. The number of hydrogen-bond acceptors (Lipinski definition) is 10. The van der Waals surface area contributed by atoms with Crippen LogP contribution in [0.25, 0.3) is 0 Å². The van der Waals surface area contributed by atoms with Gasteiger partial charge in [0, 0.05) is 19.6 Å². The summed E-state index contributed by atoms with van der Waals surface area (Å²) in [4.78, 5) is 36.2. The van der Waals surface area contributed by atoms with Gasteiger partial charge in [-0.2, -0.15) is 0 Å². The fourth-order valence-electron chi connectivity index (χ4n) is 6.58. The van der Waals surface area contributed by atoms with Gasteiger partial charge in [-0.1, -0.05) is 64.7 Å². The predicted octanol–water partition coefficient (Wildman–Crippen LogP) is 1.96. The number of aliphatic hydroxyl groups excluding tert-OH is 4. The molecule has 13 nitrogen and oxygen atoms in total. The Morgan fingerprint density at radius 3 is 1.98 bits per heavy atom. The van der Waals surface area contributed by atoms with E-state index in [1.807, 2.05) is 0 Å². The molecule has 268 valence electrons. The predicted molar refractivity (Wildman–Crippen MR) is 170 cm³/mol. The lowest BCUT2D eigenvalue weighted by atomic mass is 9.78. The molecule has 1 amide bonds. The Kier molecular flexibility index (Phi) is 19.2. The number of unbranched alkanes of at least 4 members (excludes halogenated alkanes) is 10. The van der Waals surface area contributed by atoms with Gasteiger partial charge in [-0.15, -0.1) is 0 Å². The van der Waals surface area contributed by atoms with Crippen molar-refractivity contribution < 1.29 is 54.5 Å². The normalized spacial score (nSPS) is 30.5. The molecule has 2 aliphatic rings. The molecule has 2 saturated carbocycles. The second-order valence-electron chi connectivity index (χ2n) is 13.1. The topological polar surface area (TPSA) is 215 Å². The zero-order valence-corrected chi connectivity index (χ0v) is 27.7. The minimum absolute atomic E-state index is 0.114. The van der Waals surface area contributed by atoms with Crippen LogP contribution in [-0.4, -0.2) is 117 Å². The summed E-state index contributed by atoms with van der Waals surface area (Å²) in [7, 11) is 1.56. The summed E-state index contributed by atoms with van der Waals surface area (Å²) in [6, 6.07) is -0.693. The summed E-state index contributed by atoms with van der Waals surface area (Å²) in [5.41, 5.74) is 0. The van der Waals surface area contributed by atoms with Crippen LogP contribution in [0.1, 0.15) is 110 Å². The minimum Gasteiger partial charge on any atom is -0.481 e. The van der Waals surface area contributed by atoms with Gasteiger partial charge in [-0.3, -0.25) is 14.4 Å². The molecule has 0 spiro atoms. The number of nitrogens with one attached hydrogen (secondary N) is 2. The number of amides is 1. The van der Waals surface area contributed by atoms with Crippen molar-refractivity contribution in [2.24, 2.45) is 11.8 Å². The zero-order valence-electron chi connectivity index (χ0n) is 27.7. The van der Waals surface area contributed by atoms with E-state index in [2.05, 4.69) is 17.6 Å². The number of carboxylic acid groups (broad SMARTS) is 2.